The van der Waals surface area contributed by atoms with E-state index in [0.717, 1.165) is 32.7 Å². The van der Waals surface area contributed by atoms with E-state index >= 15 is 0 Å². The molecule has 2 heterocycles. The normalized spacial score (nSPS) is 20.7. The van der Waals surface area contributed by atoms with Crippen LogP contribution in [-0.4, -0.2) is 75.2 Å². The number of hydrogen-bond donors (Lipinski definition) is 2. The largest absolute Gasteiger partial charge is 0.315 e. The van der Waals surface area contributed by atoms with Gasteiger partial charge in [-0.25, -0.2) is 0 Å². The lowest BCUT2D eigenvalue weighted by molar-refractivity contribution is 0.280. The summed E-state index contributed by atoms with van der Waals surface area (Å²) in [6, 6.07) is 0. The molecule has 0 aromatic carbocycles. The third kappa shape index (κ3) is 9.46. The number of likely N-dealkylation sites (tertiary alicyclic amines) is 1. The summed E-state index contributed by atoms with van der Waals surface area (Å²) in [5.41, 5.74) is 0. The second-order valence-corrected chi connectivity index (χ2v) is 7.02. The highest BCUT2D eigenvalue weighted by Gasteiger charge is 2.07. The molecule has 0 unspecified atom stereocenters. The fourth-order valence-electron chi connectivity index (χ4n) is 3.53. The molecule has 0 aromatic rings. The molecule has 0 radical (unpaired) electrons. The maximum Gasteiger partial charge on any atom is 0.0163 e. The maximum absolute atomic E-state index is 3.57. The van der Waals surface area contributed by atoms with Crippen molar-refractivity contribution in [3.63, 3.8) is 0 Å². The Hall–Kier alpha value is -0.420. The summed E-state index contributed by atoms with van der Waals surface area (Å²) in [6.07, 6.45) is 14.1. The first-order valence-electron chi connectivity index (χ1n) is 9.96. The molecule has 0 aliphatic carbocycles. The van der Waals surface area contributed by atoms with Gasteiger partial charge < -0.3 is 15.5 Å². The standard InChI is InChI=1S/C19H38N4/c1-2-5-15-22(14-4-1)18-8-10-20-12-13-21-11-9-19-23-16-6-3-7-17-23/h3,6,20-21H,1-2,4-5,7-19H2. The van der Waals surface area contributed by atoms with Crippen LogP contribution in [0.2, 0.25) is 0 Å². The first-order valence-corrected chi connectivity index (χ1v) is 9.96. The molecule has 1 fully saturated rings. The molecular formula is C19H38N4. The first-order chi connectivity index (χ1) is 11.4. The van der Waals surface area contributed by atoms with Gasteiger partial charge in [-0.1, -0.05) is 25.0 Å². The van der Waals surface area contributed by atoms with Gasteiger partial charge in [0, 0.05) is 26.2 Å². The minimum absolute atomic E-state index is 1.10. The van der Waals surface area contributed by atoms with E-state index in [1.807, 2.05) is 0 Å². The van der Waals surface area contributed by atoms with Crippen molar-refractivity contribution in [2.24, 2.45) is 0 Å². The van der Waals surface area contributed by atoms with Gasteiger partial charge in [0.1, 0.15) is 0 Å². The van der Waals surface area contributed by atoms with Gasteiger partial charge in [0.25, 0.3) is 0 Å². The monoisotopic (exact) mass is 322 g/mol. The van der Waals surface area contributed by atoms with Gasteiger partial charge in [0.05, 0.1) is 0 Å². The molecule has 0 aromatic heterocycles. The molecule has 0 spiro atoms. The Morgan fingerprint density at radius 3 is 1.91 bits per heavy atom. The number of rotatable bonds is 11. The van der Waals surface area contributed by atoms with Crippen molar-refractivity contribution in [3.05, 3.63) is 12.2 Å². The topological polar surface area (TPSA) is 30.5 Å². The zero-order valence-electron chi connectivity index (χ0n) is 15.1. The fraction of sp³-hybridized carbons (Fsp3) is 0.895. The van der Waals surface area contributed by atoms with Crippen LogP contribution in [0.4, 0.5) is 0 Å². The lowest BCUT2D eigenvalue weighted by Gasteiger charge is -2.22. The van der Waals surface area contributed by atoms with Crippen LogP contribution < -0.4 is 10.6 Å². The highest BCUT2D eigenvalue weighted by atomic mass is 15.1. The maximum atomic E-state index is 3.57. The summed E-state index contributed by atoms with van der Waals surface area (Å²) >= 11 is 0. The minimum Gasteiger partial charge on any atom is -0.315 e. The minimum atomic E-state index is 1.10. The highest BCUT2D eigenvalue weighted by Crippen LogP contribution is 2.09. The van der Waals surface area contributed by atoms with Crippen molar-refractivity contribution in [2.45, 2.75) is 44.9 Å². The van der Waals surface area contributed by atoms with Crippen LogP contribution in [0.25, 0.3) is 0 Å². The number of nitrogens with zero attached hydrogens (tertiary/aromatic N) is 2. The van der Waals surface area contributed by atoms with Gasteiger partial charge in [0.15, 0.2) is 0 Å². The summed E-state index contributed by atoms with van der Waals surface area (Å²) in [7, 11) is 0. The Labute approximate surface area is 143 Å². The molecule has 4 nitrogen and oxygen atoms in total. The molecule has 0 amide bonds. The van der Waals surface area contributed by atoms with E-state index in [4.69, 9.17) is 0 Å². The summed E-state index contributed by atoms with van der Waals surface area (Å²) in [4.78, 5) is 5.20. The third-order valence-electron chi connectivity index (χ3n) is 4.98. The molecule has 2 rings (SSSR count). The van der Waals surface area contributed by atoms with Gasteiger partial charge in [0.2, 0.25) is 0 Å². The van der Waals surface area contributed by atoms with E-state index < -0.39 is 0 Å². The quantitative estimate of drug-likeness (QED) is 0.450. The summed E-state index contributed by atoms with van der Waals surface area (Å²) in [5, 5.41) is 7.13. The predicted octanol–water partition coefficient (Wildman–Crippen LogP) is 2.08. The molecule has 0 atom stereocenters. The lowest BCUT2D eigenvalue weighted by Crippen LogP contribution is -2.33. The zero-order chi connectivity index (χ0) is 16.0. The molecule has 0 saturated carbocycles. The Balaban J connectivity index is 1.31. The molecule has 2 N–H and O–H groups in total. The second kappa shape index (κ2) is 12.9. The zero-order valence-corrected chi connectivity index (χ0v) is 15.1. The summed E-state index contributed by atoms with van der Waals surface area (Å²) in [5.74, 6) is 0. The Bertz CT molecular complexity index is 298. The Kier molecular flexibility index (Phi) is 10.6. The van der Waals surface area contributed by atoms with Gasteiger partial charge in [-0.2, -0.15) is 0 Å². The smallest absolute Gasteiger partial charge is 0.0163 e. The molecule has 2 aliphatic rings. The van der Waals surface area contributed by atoms with E-state index in [1.54, 1.807) is 0 Å². The van der Waals surface area contributed by atoms with Crippen LogP contribution in [-0.2, 0) is 0 Å². The van der Waals surface area contributed by atoms with E-state index in [9.17, 15) is 0 Å². The van der Waals surface area contributed by atoms with E-state index in [1.165, 1.54) is 77.7 Å². The van der Waals surface area contributed by atoms with Gasteiger partial charge in [-0.05, 0) is 71.4 Å². The molecule has 23 heavy (non-hydrogen) atoms. The number of nitrogens with one attached hydrogen (secondary N) is 2. The molecule has 134 valence electrons. The van der Waals surface area contributed by atoms with Crippen molar-refractivity contribution >= 4 is 0 Å². The van der Waals surface area contributed by atoms with Gasteiger partial charge >= 0.3 is 0 Å². The highest BCUT2D eigenvalue weighted by molar-refractivity contribution is 4.90. The molecule has 0 bridgehead atoms. The van der Waals surface area contributed by atoms with Crippen LogP contribution in [0, 0.1) is 0 Å². The summed E-state index contributed by atoms with van der Waals surface area (Å²) in [6.45, 7) is 12.1. The van der Waals surface area contributed by atoms with Crippen LogP contribution in [0.3, 0.4) is 0 Å². The second-order valence-electron chi connectivity index (χ2n) is 7.02. The third-order valence-corrected chi connectivity index (χ3v) is 4.98. The van der Waals surface area contributed by atoms with Crippen LogP contribution >= 0.6 is 0 Å². The van der Waals surface area contributed by atoms with E-state index in [2.05, 4.69) is 32.6 Å². The van der Waals surface area contributed by atoms with Crippen molar-refractivity contribution in [2.75, 3.05) is 65.4 Å². The van der Waals surface area contributed by atoms with Gasteiger partial charge in [-0.3, -0.25) is 4.90 Å². The lowest BCUT2D eigenvalue weighted by atomic mass is 10.2. The fourth-order valence-corrected chi connectivity index (χ4v) is 3.53. The Morgan fingerprint density at radius 1 is 0.652 bits per heavy atom. The average molecular weight is 323 g/mol. The van der Waals surface area contributed by atoms with E-state index in [0.29, 0.717) is 0 Å². The molecule has 1 saturated heterocycles. The number of hydrogen-bond acceptors (Lipinski definition) is 4. The van der Waals surface area contributed by atoms with Crippen molar-refractivity contribution in [3.8, 4) is 0 Å². The molecule has 2 aliphatic heterocycles. The van der Waals surface area contributed by atoms with E-state index in [-0.39, 0.29) is 0 Å². The van der Waals surface area contributed by atoms with Crippen molar-refractivity contribution < 1.29 is 0 Å². The van der Waals surface area contributed by atoms with Crippen molar-refractivity contribution in [1.29, 1.82) is 0 Å². The van der Waals surface area contributed by atoms with Crippen LogP contribution in [0.5, 0.6) is 0 Å². The first kappa shape index (κ1) is 18.9. The Morgan fingerprint density at radius 2 is 1.30 bits per heavy atom. The summed E-state index contributed by atoms with van der Waals surface area (Å²) < 4.78 is 0. The van der Waals surface area contributed by atoms with Crippen LogP contribution in [0.15, 0.2) is 12.2 Å². The SMILES string of the molecule is C1=CCN(CCCNCCNCCCN2CCCCCC2)CC1. The van der Waals surface area contributed by atoms with Crippen LogP contribution in [0.1, 0.15) is 44.9 Å². The molecule has 4 heteroatoms. The predicted molar refractivity (Wildman–Crippen MR) is 100 cm³/mol. The van der Waals surface area contributed by atoms with Gasteiger partial charge in [-0.15, -0.1) is 0 Å². The van der Waals surface area contributed by atoms with Crippen molar-refractivity contribution in [1.82, 2.24) is 20.4 Å². The molecular weight excluding hydrogens is 284 g/mol. The average Bonchev–Trinajstić information content (AvgIpc) is 2.86.